The van der Waals surface area contributed by atoms with Crippen LogP contribution in [0.5, 0.6) is 0 Å². The fraction of sp³-hybridized carbons (Fsp3) is 0.632. The predicted octanol–water partition coefficient (Wildman–Crippen LogP) is 7.79. The molecule has 2 aromatic carbocycles. The van der Waals surface area contributed by atoms with Crippen LogP contribution in [-0.4, -0.2) is 35.6 Å². The van der Waals surface area contributed by atoms with Crippen molar-refractivity contribution in [1.29, 1.82) is 0 Å². The van der Waals surface area contributed by atoms with Gasteiger partial charge in [0.15, 0.2) is 9.84 Å². The highest BCUT2D eigenvalue weighted by atomic mass is 32.2. The van der Waals surface area contributed by atoms with E-state index in [-0.39, 0.29) is 23.2 Å². The fourth-order valence-corrected chi connectivity index (χ4v) is 12.7. The lowest BCUT2D eigenvalue weighted by Gasteiger charge is -2.59. The Bertz CT molecular complexity index is 1420. The van der Waals surface area contributed by atoms with E-state index in [1.54, 1.807) is 24.3 Å². The number of aliphatic hydroxyl groups excluding tert-OH is 1. The van der Waals surface area contributed by atoms with Crippen LogP contribution in [0.15, 0.2) is 77.2 Å². The molecule has 4 aliphatic carbocycles. The lowest BCUT2D eigenvalue weighted by atomic mass is 9.46. The highest BCUT2D eigenvalue weighted by Crippen LogP contribution is 2.68. The quantitative estimate of drug-likeness (QED) is 0.302. The second-order valence-corrected chi connectivity index (χ2v) is 17.7. The summed E-state index contributed by atoms with van der Waals surface area (Å²) in [5.41, 5.74) is 2.21. The second-order valence-electron chi connectivity index (χ2n) is 15.5. The molecule has 0 aromatic heterocycles. The zero-order valence-electron chi connectivity index (χ0n) is 26.6. The number of allylic oxidation sites excluding steroid dienone is 1. The van der Waals surface area contributed by atoms with Crippen molar-refractivity contribution in [3.63, 3.8) is 0 Å². The number of hydrogen-bond donors (Lipinski definition) is 2. The minimum Gasteiger partial charge on any atom is -0.393 e. The zero-order chi connectivity index (χ0) is 30.6. The van der Waals surface area contributed by atoms with Crippen LogP contribution in [0, 0.1) is 40.4 Å². The van der Waals surface area contributed by atoms with E-state index in [0.717, 1.165) is 50.5 Å². The molecule has 4 aliphatic rings. The van der Waals surface area contributed by atoms with Gasteiger partial charge in [-0.25, -0.2) is 8.42 Å². The third kappa shape index (κ3) is 5.57. The minimum atomic E-state index is -3.64. The Labute approximate surface area is 259 Å². The summed E-state index contributed by atoms with van der Waals surface area (Å²) in [5, 5.41) is 21.5. The summed E-state index contributed by atoms with van der Waals surface area (Å²) in [6.45, 7) is 9.12. The average molecular weight is 605 g/mol. The van der Waals surface area contributed by atoms with E-state index in [0.29, 0.717) is 35.0 Å². The summed E-state index contributed by atoms with van der Waals surface area (Å²) in [4.78, 5) is 0.369. The van der Waals surface area contributed by atoms with Gasteiger partial charge in [0.1, 0.15) is 0 Å². The maximum absolute atomic E-state index is 14.3. The zero-order valence-corrected chi connectivity index (χ0v) is 27.4. The van der Waals surface area contributed by atoms with Gasteiger partial charge in [-0.05, 0) is 129 Å². The van der Waals surface area contributed by atoms with Gasteiger partial charge in [-0.15, -0.1) is 0 Å². The highest BCUT2D eigenvalue weighted by molar-refractivity contribution is 7.92. The molecular formula is C38H52O4S. The van der Waals surface area contributed by atoms with E-state index in [4.69, 9.17) is 0 Å². The van der Waals surface area contributed by atoms with E-state index in [9.17, 15) is 18.6 Å². The van der Waals surface area contributed by atoms with Gasteiger partial charge in [0.25, 0.3) is 0 Å². The van der Waals surface area contributed by atoms with E-state index in [1.165, 1.54) is 12.0 Å². The molecule has 0 saturated heterocycles. The van der Waals surface area contributed by atoms with Crippen molar-refractivity contribution in [1.82, 2.24) is 0 Å². The van der Waals surface area contributed by atoms with Crippen molar-refractivity contribution in [3.8, 4) is 0 Å². The van der Waals surface area contributed by atoms with Gasteiger partial charge >= 0.3 is 0 Å². The molecule has 4 nitrogen and oxygen atoms in total. The summed E-state index contributed by atoms with van der Waals surface area (Å²) in [5.74, 6) is 2.10. The first-order valence-corrected chi connectivity index (χ1v) is 18.3. The SMILES string of the molecule is C[C@H](C(CC(O)Cc1ccccc1)S(=O)(=O)c1ccccc1)[C@H]1CC[C@H]2[C@@H]3CC=C4C[C@@](C)(O)CC[C@]4(C)[C@H]3CC[C@]12C. The summed E-state index contributed by atoms with van der Waals surface area (Å²) in [6, 6.07) is 18.8. The van der Waals surface area contributed by atoms with Gasteiger partial charge in [-0.3, -0.25) is 0 Å². The molecule has 3 saturated carbocycles. The molecular weight excluding hydrogens is 552 g/mol. The Morgan fingerprint density at radius 1 is 0.884 bits per heavy atom. The van der Waals surface area contributed by atoms with Gasteiger partial charge in [0.2, 0.25) is 0 Å². The molecule has 0 amide bonds. The van der Waals surface area contributed by atoms with Crippen LogP contribution in [0.25, 0.3) is 0 Å². The Balaban J connectivity index is 1.28. The molecule has 0 spiro atoms. The third-order valence-electron chi connectivity index (χ3n) is 13.0. The predicted molar refractivity (Wildman–Crippen MR) is 173 cm³/mol. The molecule has 0 aliphatic heterocycles. The summed E-state index contributed by atoms with van der Waals surface area (Å²) < 4.78 is 28.6. The van der Waals surface area contributed by atoms with Gasteiger partial charge in [-0.1, -0.05) is 81.0 Å². The van der Waals surface area contributed by atoms with Crippen LogP contribution in [0.1, 0.15) is 91.0 Å². The van der Waals surface area contributed by atoms with Crippen molar-refractivity contribution in [3.05, 3.63) is 77.9 Å². The second kappa shape index (κ2) is 11.4. The molecule has 6 rings (SSSR count). The van der Waals surface area contributed by atoms with Gasteiger partial charge < -0.3 is 10.2 Å². The largest absolute Gasteiger partial charge is 0.393 e. The first-order chi connectivity index (χ1) is 20.3. The molecule has 43 heavy (non-hydrogen) atoms. The first kappa shape index (κ1) is 31.0. The van der Waals surface area contributed by atoms with Crippen molar-refractivity contribution >= 4 is 9.84 Å². The van der Waals surface area contributed by atoms with Crippen molar-refractivity contribution < 1.29 is 18.6 Å². The van der Waals surface area contributed by atoms with E-state index in [1.807, 2.05) is 43.3 Å². The smallest absolute Gasteiger partial charge is 0.181 e. The minimum absolute atomic E-state index is 0.0581. The summed E-state index contributed by atoms with van der Waals surface area (Å²) in [6.07, 6.45) is 10.8. The van der Waals surface area contributed by atoms with Gasteiger partial charge in [-0.2, -0.15) is 0 Å². The number of benzene rings is 2. The van der Waals surface area contributed by atoms with Crippen LogP contribution in [0.2, 0.25) is 0 Å². The number of fused-ring (bicyclic) bond motifs is 5. The number of sulfone groups is 1. The Morgan fingerprint density at radius 2 is 1.56 bits per heavy atom. The molecule has 0 bridgehead atoms. The topological polar surface area (TPSA) is 74.6 Å². The standard InChI is InChI=1S/C38H52O4S/c1-26(35(43(41,42)30-13-9-6-10-14-30)24-29(39)23-27-11-7-5-8-12-27)32-17-18-33-31-16-15-28-25-36(2,40)21-22-37(28,3)34(31)19-20-38(32,33)4/h5-15,26,29,31-35,39-40H,16-25H2,1-4H3/t26-,29?,31-,32+,33-,34-,35?,36-,37-,38+/m0/s1. The van der Waals surface area contributed by atoms with E-state index >= 15 is 0 Å². The Kier molecular flexibility index (Phi) is 8.26. The van der Waals surface area contributed by atoms with Gasteiger partial charge in [0, 0.05) is 0 Å². The van der Waals surface area contributed by atoms with E-state index in [2.05, 4.69) is 26.8 Å². The monoisotopic (exact) mass is 604 g/mol. The first-order valence-electron chi connectivity index (χ1n) is 16.8. The third-order valence-corrected chi connectivity index (χ3v) is 15.3. The highest BCUT2D eigenvalue weighted by Gasteiger charge is 2.60. The molecule has 2 unspecified atom stereocenters. The van der Waals surface area contributed by atoms with E-state index < -0.39 is 26.8 Å². The molecule has 3 fully saturated rings. The molecule has 0 radical (unpaired) electrons. The number of aliphatic hydroxyl groups is 2. The number of rotatable bonds is 8. The van der Waals surface area contributed by atoms with Crippen LogP contribution >= 0.6 is 0 Å². The molecule has 2 N–H and O–H groups in total. The molecule has 2 aromatic rings. The van der Waals surface area contributed by atoms with Gasteiger partial charge in [0.05, 0.1) is 21.9 Å². The van der Waals surface area contributed by atoms with Crippen LogP contribution in [0.3, 0.4) is 0 Å². The molecule has 0 heterocycles. The van der Waals surface area contributed by atoms with Crippen LogP contribution in [-0.2, 0) is 16.3 Å². The Hall–Kier alpha value is -1.95. The van der Waals surface area contributed by atoms with Crippen molar-refractivity contribution in [2.24, 2.45) is 40.4 Å². The maximum Gasteiger partial charge on any atom is 0.181 e. The van der Waals surface area contributed by atoms with Crippen molar-refractivity contribution in [2.45, 2.75) is 114 Å². The van der Waals surface area contributed by atoms with Crippen molar-refractivity contribution in [2.75, 3.05) is 0 Å². The molecule has 10 atom stereocenters. The fourth-order valence-electron chi connectivity index (χ4n) is 10.6. The lowest BCUT2D eigenvalue weighted by molar-refractivity contribution is -0.0706. The van der Waals surface area contributed by atoms with Crippen LogP contribution in [0.4, 0.5) is 0 Å². The maximum atomic E-state index is 14.3. The van der Waals surface area contributed by atoms with Crippen LogP contribution < -0.4 is 0 Å². The molecule has 234 valence electrons. The molecule has 5 heteroatoms. The number of hydrogen-bond acceptors (Lipinski definition) is 4. The normalized spacial score (nSPS) is 37.8. The summed E-state index contributed by atoms with van der Waals surface area (Å²) >= 11 is 0. The Morgan fingerprint density at radius 3 is 2.26 bits per heavy atom. The average Bonchev–Trinajstić information content (AvgIpc) is 3.34. The summed E-state index contributed by atoms with van der Waals surface area (Å²) in [7, 11) is -3.64. The lowest BCUT2D eigenvalue weighted by Crippen LogP contribution is -2.52.